The van der Waals surface area contributed by atoms with Gasteiger partial charge >= 0.3 is 0 Å². The summed E-state index contributed by atoms with van der Waals surface area (Å²) in [6, 6.07) is 10.0. The SMILES string of the molecule is Cc1cc(C)cc(OCCN(C)C(=O)c2cc(S(=O)(=O)N(C)C)ccc2Cl)c1. The van der Waals surface area contributed by atoms with Crippen molar-refractivity contribution in [3.8, 4) is 5.75 Å². The van der Waals surface area contributed by atoms with Crippen LogP contribution >= 0.6 is 11.6 Å². The zero-order valence-corrected chi connectivity index (χ0v) is 18.3. The van der Waals surface area contributed by atoms with E-state index in [1.54, 1.807) is 7.05 Å². The lowest BCUT2D eigenvalue weighted by atomic mass is 10.1. The van der Waals surface area contributed by atoms with Gasteiger partial charge in [0.25, 0.3) is 5.91 Å². The Balaban J connectivity index is 2.10. The van der Waals surface area contributed by atoms with Crippen LogP contribution < -0.4 is 4.74 Å². The lowest BCUT2D eigenvalue weighted by Gasteiger charge is -2.19. The summed E-state index contributed by atoms with van der Waals surface area (Å²) in [5.74, 6) is 0.375. The molecule has 152 valence electrons. The predicted octanol–water partition coefficient (Wildman–Crippen LogP) is 3.36. The number of sulfonamides is 1. The summed E-state index contributed by atoms with van der Waals surface area (Å²) >= 11 is 6.14. The minimum atomic E-state index is -3.66. The Kier molecular flexibility index (Phi) is 7.09. The third-order valence-corrected chi connectivity index (χ3v) is 6.32. The van der Waals surface area contributed by atoms with Gasteiger partial charge in [0.1, 0.15) is 12.4 Å². The van der Waals surface area contributed by atoms with Crippen molar-refractivity contribution in [3.63, 3.8) is 0 Å². The van der Waals surface area contributed by atoms with Crippen LogP contribution in [-0.2, 0) is 10.0 Å². The average Bonchev–Trinajstić information content (AvgIpc) is 2.60. The highest BCUT2D eigenvalue weighted by atomic mass is 35.5. The van der Waals surface area contributed by atoms with E-state index in [9.17, 15) is 13.2 Å². The topological polar surface area (TPSA) is 66.9 Å². The Labute approximate surface area is 171 Å². The molecule has 0 saturated carbocycles. The van der Waals surface area contributed by atoms with Gasteiger partial charge in [0, 0.05) is 21.1 Å². The normalized spacial score (nSPS) is 11.5. The number of benzene rings is 2. The Morgan fingerprint density at radius 3 is 2.21 bits per heavy atom. The molecule has 0 radical (unpaired) electrons. The summed E-state index contributed by atoms with van der Waals surface area (Å²) in [6.07, 6.45) is 0. The Morgan fingerprint density at radius 2 is 1.64 bits per heavy atom. The van der Waals surface area contributed by atoms with Gasteiger partial charge in [-0.2, -0.15) is 0 Å². The third kappa shape index (κ3) is 5.25. The fourth-order valence-electron chi connectivity index (χ4n) is 2.66. The van der Waals surface area contributed by atoms with E-state index in [4.69, 9.17) is 16.3 Å². The molecular weight excluding hydrogens is 400 g/mol. The minimum Gasteiger partial charge on any atom is -0.492 e. The highest BCUT2D eigenvalue weighted by Crippen LogP contribution is 2.23. The zero-order valence-electron chi connectivity index (χ0n) is 16.7. The number of hydrogen-bond donors (Lipinski definition) is 0. The molecule has 8 heteroatoms. The van der Waals surface area contributed by atoms with E-state index in [2.05, 4.69) is 6.07 Å². The van der Waals surface area contributed by atoms with Crippen LogP contribution in [0.1, 0.15) is 21.5 Å². The van der Waals surface area contributed by atoms with Crippen LogP contribution in [0.4, 0.5) is 0 Å². The van der Waals surface area contributed by atoms with E-state index in [0.717, 1.165) is 21.2 Å². The van der Waals surface area contributed by atoms with Crippen molar-refractivity contribution in [2.45, 2.75) is 18.7 Å². The van der Waals surface area contributed by atoms with Gasteiger partial charge in [0.2, 0.25) is 10.0 Å². The van der Waals surface area contributed by atoms with Gasteiger partial charge in [0.05, 0.1) is 22.0 Å². The summed E-state index contributed by atoms with van der Waals surface area (Å²) in [5.41, 5.74) is 2.34. The van der Waals surface area contributed by atoms with Crippen molar-refractivity contribution >= 4 is 27.5 Å². The maximum absolute atomic E-state index is 12.7. The second kappa shape index (κ2) is 8.94. The molecule has 2 aromatic rings. The molecule has 1 amide bonds. The molecule has 0 saturated heterocycles. The highest BCUT2D eigenvalue weighted by molar-refractivity contribution is 7.89. The van der Waals surface area contributed by atoms with Crippen LogP contribution in [0.3, 0.4) is 0 Å². The first-order valence-electron chi connectivity index (χ1n) is 8.71. The first-order chi connectivity index (χ1) is 13.0. The second-order valence-corrected chi connectivity index (χ2v) is 9.39. The largest absolute Gasteiger partial charge is 0.492 e. The van der Waals surface area contributed by atoms with Crippen LogP contribution in [0.25, 0.3) is 0 Å². The standard InChI is InChI=1S/C20H25ClN2O4S/c1-14-10-15(2)12-16(11-14)27-9-8-23(5)20(24)18-13-17(6-7-19(18)21)28(25,26)22(3)4/h6-7,10-13H,8-9H2,1-5H3. The fraction of sp³-hybridized carbons (Fsp3) is 0.350. The molecule has 0 aromatic heterocycles. The van der Waals surface area contributed by atoms with Crippen molar-refractivity contribution in [1.29, 1.82) is 0 Å². The number of aryl methyl sites for hydroxylation is 2. The first-order valence-corrected chi connectivity index (χ1v) is 10.5. The van der Waals surface area contributed by atoms with E-state index < -0.39 is 10.0 Å². The highest BCUT2D eigenvalue weighted by Gasteiger charge is 2.22. The molecule has 2 aromatic carbocycles. The van der Waals surface area contributed by atoms with E-state index in [1.807, 2.05) is 26.0 Å². The number of carbonyl (C=O) groups excluding carboxylic acids is 1. The van der Waals surface area contributed by atoms with Crippen molar-refractivity contribution < 1.29 is 17.9 Å². The van der Waals surface area contributed by atoms with Crippen LogP contribution in [0.5, 0.6) is 5.75 Å². The molecule has 0 aliphatic heterocycles. The Morgan fingerprint density at radius 1 is 1.04 bits per heavy atom. The number of rotatable bonds is 7. The molecule has 2 rings (SSSR count). The smallest absolute Gasteiger partial charge is 0.255 e. The lowest BCUT2D eigenvalue weighted by Crippen LogP contribution is -2.31. The number of nitrogens with zero attached hydrogens (tertiary/aromatic N) is 2. The summed E-state index contributed by atoms with van der Waals surface area (Å²) < 4.78 is 31.4. The van der Waals surface area contributed by atoms with Crippen LogP contribution in [0.15, 0.2) is 41.3 Å². The molecule has 28 heavy (non-hydrogen) atoms. The van der Waals surface area contributed by atoms with Crippen LogP contribution in [0.2, 0.25) is 5.02 Å². The first kappa shape index (κ1) is 22.2. The van der Waals surface area contributed by atoms with E-state index >= 15 is 0 Å². The zero-order chi connectivity index (χ0) is 21.1. The van der Waals surface area contributed by atoms with Crippen molar-refractivity contribution in [3.05, 3.63) is 58.1 Å². The van der Waals surface area contributed by atoms with Gasteiger partial charge in [-0.1, -0.05) is 17.7 Å². The number of carbonyl (C=O) groups is 1. The number of likely N-dealkylation sites (N-methyl/N-ethyl adjacent to an activating group) is 1. The molecule has 0 N–H and O–H groups in total. The lowest BCUT2D eigenvalue weighted by molar-refractivity contribution is 0.0773. The average molecular weight is 425 g/mol. The molecule has 0 bridgehead atoms. The molecule has 0 heterocycles. The van der Waals surface area contributed by atoms with E-state index in [-0.39, 0.29) is 21.4 Å². The molecule has 0 unspecified atom stereocenters. The summed E-state index contributed by atoms with van der Waals surface area (Å²) in [7, 11) is 0.829. The molecule has 6 nitrogen and oxygen atoms in total. The van der Waals surface area contributed by atoms with E-state index in [0.29, 0.717) is 13.2 Å². The minimum absolute atomic E-state index is 0.0186. The van der Waals surface area contributed by atoms with Crippen molar-refractivity contribution in [2.75, 3.05) is 34.3 Å². The Bertz CT molecular complexity index is 954. The van der Waals surface area contributed by atoms with Crippen molar-refractivity contribution in [1.82, 2.24) is 9.21 Å². The summed E-state index contributed by atoms with van der Waals surface area (Å²) in [6.45, 7) is 4.61. The maximum atomic E-state index is 12.7. The van der Waals surface area contributed by atoms with Gasteiger partial charge in [-0.3, -0.25) is 4.79 Å². The summed E-state index contributed by atoms with van der Waals surface area (Å²) in [5, 5.41) is 0.199. The van der Waals surface area contributed by atoms with Gasteiger partial charge in [-0.05, 0) is 55.3 Å². The fourth-order valence-corrected chi connectivity index (χ4v) is 3.79. The number of amides is 1. The second-order valence-electron chi connectivity index (χ2n) is 6.83. The molecule has 0 fully saturated rings. The number of hydrogen-bond acceptors (Lipinski definition) is 4. The molecule has 0 aliphatic carbocycles. The predicted molar refractivity (Wildman–Crippen MR) is 111 cm³/mol. The van der Waals surface area contributed by atoms with Crippen LogP contribution in [-0.4, -0.2) is 57.8 Å². The van der Waals surface area contributed by atoms with Gasteiger partial charge in [-0.25, -0.2) is 12.7 Å². The molecule has 0 aliphatic rings. The third-order valence-electron chi connectivity index (χ3n) is 4.18. The monoisotopic (exact) mass is 424 g/mol. The van der Waals surface area contributed by atoms with Crippen LogP contribution in [0, 0.1) is 13.8 Å². The number of halogens is 1. The molecular formula is C20H25ClN2O4S. The maximum Gasteiger partial charge on any atom is 0.255 e. The Hall–Kier alpha value is -2.09. The van der Waals surface area contributed by atoms with Gasteiger partial charge in [-0.15, -0.1) is 0 Å². The van der Waals surface area contributed by atoms with Gasteiger partial charge in [0.15, 0.2) is 0 Å². The van der Waals surface area contributed by atoms with Gasteiger partial charge < -0.3 is 9.64 Å². The van der Waals surface area contributed by atoms with Crippen molar-refractivity contribution in [2.24, 2.45) is 0 Å². The van der Waals surface area contributed by atoms with E-state index in [1.165, 1.54) is 37.2 Å². The molecule has 0 atom stereocenters. The summed E-state index contributed by atoms with van der Waals surface area (Å²) in [4.78, 5) is 14.2. The quantitative estimate of drug-likeness (QED) is 0.683. The number of ether oxygens (including phenoxy) is 1. The molecule has 0 spiro atoms.